The van der Waals surface area contributed by atoms with Crippen molar-refractivity contribution < 1.29 is 8.42 Å². The van der Waals surface area contributed by atoms with E-state index in [1.54, 1.807) is 30.0 Å². The van der Waals surface area contributed by atoms with Crippen molar-refractivity contribution in [2.45, 2.75) is 15.8 Å². The van der Waals surface area contributed by atoms with Crippen molar-refractivity contribution in [1.29, 1.82) is 0 Å². The first-order valence-electron chi connectivity index (χ1n) is 7.06. The van der Waals surface area contributed by atoms with E-state index in [-0.39, 0.29) is 4.90 Å². The van der Waals surface area contributed by atoms with E-state index in [0.717, 1.165) is 21.9 Å². The van der Waals surface area contributed by atoms with E-state index >= 15 is 0 Å². The van der Waals surface area contributed by atoms with E-state index in [1.807, 2.05) is 18.2 Å². The molecule has 0 aliphatic heterocycles. The Balaban J connectivity index is 1.85. The van der Waals surface area contributed by atoms with Crippen LogP contribution < -0.4 is 0 Å². The number of aromatic amines is 1. The van der Waals surface area contributed by atoms with Gasteiger partial charge in [0.2, 0.25) is 10.0 Å². The molecule has 7 heteroatoms. The second-order valence-corrected chi connectivity index (χ2v) is 8.40. The Labute approximate surface area is 139 Å². The van der Waals surface area contributed by atoms with Crippen molar-refractivity contribution in [3.8, 4) is 0 Å². The highest BCUT2D eigenvalue weighted by molar-refractivity contribution is 7.98. The predicted molar refractivity (Wildman–Crippen MR) is 93.0 cm³/mol. The van der Waals surface area contributed by atoms with Gasteiger partial charge < -0.3 is 4.98 Å². The molecule has 0 saturated heterocycles. The minimum atomic E-state index is -3.44. The largest absolute Gasteiger partial charge is 0.333 e. The molecule has 1 N–H and O–H groups in total. The van der Waals surface area contributed by atoms with E-state index < -0.39 is 10.0 Å². The number of hydrogen-bond acceptors (Lipinski definition) is 4. The van der Waals surface area contributed by atoms with Crippen molar-refractivity contribution in [2.75, 3.05) is 14.1 Å². The summed E-state index contributed by atoms with van der Waals surface area (Å²) in [4.78, 5) is 7.94. The first kappa shape index (κ1) is 16.0. The molecule has 120 valence electrons. The molecule has 2 aromatic carbocycles. The predicted octanol–water partition coefficient (Wildman–Crippen LogP) is 3.11. The highest BCUT2D eigenvalue weighted by atomic mass is 32.2. The highest BCUT2D eigenvalue weighted by Gasteiger charge is 2.18. The minimum absolute atomic E-state index is 0.262. The van der Waals surface area contributed by atoms with Crippen LogP contribution in [-0.2, 0) is 15.8 Å². The normalized spacial score (nSPS) is 12.1. The molecule has 0 radical (unpaired) electrons. The molecule has 0 fully saturated rings. The van der Waals surface area contributed by atoms with Gasteiger partial charge in [-0.1, -0.05) is 42.1 Å². The lowest BCUT2D eigenvalue weighted by Crippen LogP contribution is -2.22. The summed E-state index contributed by atoms with van der Waals surface area (Å²) in [6.07, 6.45) is 0. The molecule has 0 aliphatic rings. The Bertz CT molecular complexity index is 919. The monoisotopic (exact) mass is 347 g/mol. The van der Waals surface area contributed by atoms with Gasteiger partial charge in [-0.15, -0.1) is 0 Å². The average molecular weight is 347 g/mol. The molecule has 0 amide bonds. The van der Waals surface area contributed by atoms with E-state index in [4.69, 9.17) is 0 Å². The molecule has 3 aromatic rings. The lowest BCUT2D eigenvalue weighted by molar-refractivity contribution is 0.521. The second-order valence-electron chi connectivity index (χ2n) is 5.28. The molecular formula is C16H17N3O2S2. The van der Waals surface area contributed by atoms with Crippen molar-refractivity contribution in [3.05, 3.63) is 54.1 Å². The van der Waals surface area contributed by atoms with Gasteiger partial charge in [0.1, 0.15) is 0 Å². The summed E-state index contributed by atoms with van der Waals surface area (Å²) in [5.74, 6) is 0.809. The number of aromatic nitrogens is 2. The first-order valence-corrected chi connectivity index (χ1v) is 9.48. The minimum Gasteiger partial charge on any atom is -0.333 e. The Morgan fingerprint density at radius 2 is 1.87 bits per heavy atom. The summed E-state index contributed by atoms with van der Waals surface area (Å²) in [6, 6.07) is 15.1. The summed E-state index contributed by atoms with van der Waals surface area (Å²) >= 11 is 1.59. The number of sulfonamides is 1. The van der Waals surface area contributed by atoms with Gasteiger partial charge in [-0.25, -0.2) is 17.7 Å². The fourth-order valence-electron chi connectivity index (χ4n) is 2.13. The molecule has 5 nitrogen and oxygen atoms in total. The molecule has 1 aromatic heterocycles. The summed E-state index contributed by atoms with van der Waals surface area (Å²) in [6.45, 7) is 0. The maximum Gasteiger partial charge on any atom is 0.242 e. The van der Waals surface area contributed by atoms with Crippen LogP contribution in [0, 0.1) is 0 Å². The average Bonchev–Trinajstić information content (AvgIpc) is 2.95. The van der Waals surface area contributed by atoms with Crippen LogP contribution in [0.3, 0.4) is 0 Å². The van der Waals surface area contributed by atoms with Gasteiger partial charge in [0, 0.05) is 19.8 Å². The van der Waals surface area contributed by atoms with Crippen LogP contribution in [-0.4, -0.2) is 36.8 Å². The number of benzene rings is 2. The number of nitrogens with one attached hydrogen (secondary N) is 1. The van der Waals surface area contributed by atoms with Gasteiger partial charge >= 0.3 is 0 Å². The van der Waals surface area contributed by atoms with E-state index in [0.29, 0.717) is 0 Å². The van der Waals surface area contributed by atoms with Crippen molar-refractivity contribution >= 4 is 32.8 Å². The van der Waals surface area contributed by atoms with Crippen LogP contribution in [0.2, 0.25) is 0 Å². The van der Waals surface area contributed by atoms with Gasteiger partial charge in [-0.05, 0) is 23.8 Å². The molecule has 0 spiro atoms. The number of H-pyrrole nitrogens is 1. The maximum absolute atomic E-state index is 12.2. The van der Waals surface area contributed by atoms with E-state index in [2.05, 4.69) is 22.1 Å². The van der Waals surface area contributed by atoms with Crippen LogP contribution in [0.25, 0.3) is 11.0 Å². The molecule has 0 unspecified atom stereocenters. The summed E-state index contributed by atoms with van der Waals surface area (Å²) in [7, 11) is -0.393. The number of imidazole rings is 1. The van der Waals surface area contributed by atoms with E-state index in [9.17, 15) is 8.42 Å². The Morgan fingerprint density at radius 1 is 1.13 bits per heavy atom. The van der Waals surface area contributed by atoms with Gasteiger partial charge in [-0.2, -0.15) is 0 Å². The Hall–Kier alpha value is -1.83. The van der Waals surface area contributed by atoms with Gasteiger partial charge in [0.15, 0.2) is 5.16 Å². The third kappa shape index (κ3) is 3.41. The van der Waals surface area contributed by atoms with Crippen LogP contribution in [0.5, 0.6) is 0 Å². The summed E-state index contributed by atoms with van der Waals surface area (Å²) < 4.78 is 25.6. The fourth-order valence-corrected chi connectivity index (χ4v) is 3.90. The van der Waals surface area contributed by atoms with Crippen LogP contribution in [0.1, 0.15) is 5.56 Å². The van der Waals surface area contributed by atoms with Crippen LogP contribution >= 0.6 is 11.8 Å². The van der Waals surface area contributed by atoms with Gasteiger partial charge in [-0.3, -0.25) is 0 Å². The first-order chi connectivity index (χ1) is 11.0. The third-order valence-electron chi connectivity index (χ3n) is 3.43. The summed E-state index contributed by atoms with van der Waals surface area (Å²) in [5.41, 5.74) is 2.70. The zero-order valence-corrected chi connectivity index (χ0v) is 14.5. The zero-order valence-electron chi connectivity index (χ0n) is 12.9. The third-order valence-corrected chi connectivity index (χ3v) is 6.18. The lowest BCUT2D eigenvalue weighted by Gasteiger charge is -2.10. The lowest BCUT2D eigenvalue weighted by atomic mass is 10.2. The smallest absolute Gasteiger partial charge is 0.242 e. The van der Waals surface area contributed by atoms with Crippen LogP contribution in [0.15, 0.2) is 58.6 Å². The number of fused-ring (bicyclic) bond motifs is 1. The molecule has 0 bridgehead atoms. The Morgan fingerprint density at radius 3 is 2.57 bits per heavy atom. The topological polar surface area (TPSA) is 66.1 Å². The van der Waals surface area contributed by atoms with Gasteiger partial charge in [0.05, 0.1) is 15.9 Å². The molecular weight excluding hydrogens is 330 g/mol. The number of rotatable bonds is 5. The molecule has 1 heterocycles. The van der Waals surface area contributed by atoms with Gasteiger partial charge in [0.25, 0.3) is 0 Å². The van der Waals surface area contributed by atoms with Crippen molar-refractivity contribution in [3.63, 3.8) is 0 Å². The second kappa shape index (κ2) is 6.35. The number of hydrogen-bond donors (Lipinski definition) is 1. The van der Waals surface area contributed by atoms with E-state index in [1.165, 1.54) is 24.0 Å². The van der Waals surface area contributed by atoms with Crippen LogP contribution in [0.4, 0.5) is 0 Å². The van der Waals surface area contributed by atoms with Crippen molar-refractivity contribution in [1.82, 2.24) is 14.3 Å². The number of nitrogens with zero attached hydrogens (tertiary/aromatic N) is 2. The molecule has 0 saturated carbocycles. The standard InChI is InChI=1S/C16H17N3O2S2/c1-19(2)23(20,21)13-8-9-14-15(10-13)18-16(17-14)22-11-12-6-4-3-5-7-12/h3-10H,11H2,1-2H3,(H,17,18). The molecule has 3 rings (SSSR count). The molecule has 23 heavy (non-hydrogen) atoms. The summed E-state index contributed by atoms with van der Waals surface area (Å²) in [5, 5.41) is 0.781. The Kier molecular flexibility index (Phi) is 4.43. The highest BCUT2D eigenvalue weighted by Crippen LogP contribution is 2.25. The molecule has 0 aliphatic carbocycles. The maximum atomic E-state index is 12.2. The zero-order chi connectivity index (χ0) is 16.4. The number of thioether (sulfide) groups is 1. The SMILES string of the molecule is CN(C)S(=O)(=O)c1ccc2nc(SCc3ccccc3)[nH]c2c1. The molecule has 0 atom stereocenters. The quantitative estimate of drug-likeness (QED) is 0.720. The fraction of sp³-hybridized carbons (Fsp3) is 0.188. The van der Waals surface area contributed by atoms with Crippen molar-refractivity contribution in [2.24, 2.45) is 0 Å².